The van der Waals surface area contributed by atoms with E-state index in [1.165, 1.54) is 35.4 Å². The molecule has 2 N–H and O–H groups in total. The van der Waals surface area contributed by atoms with Crippen molar-refractivity contribution < 1.29 is 9.18 Å². The second kappa shape index (κ2) is 6.89. The van der Waals surface area contributed by atoms with Crippen molar-refractivity contribution in [2.45, 2.75) is 0 Å². The van der Waals surface area contributed by atoms with Gasteiger partial charge in [-0.25, -0.2) is 14.4 Å². The predicted molar refractivity (Wildman–Crippen MR) is 114 cm³/mol. The SMILES string of the molecule is CN(C(=O)c1cc2cc(-c3nc4cscc4[nH]c3=O)[nH]c2cc1F)c1ccccn1. The van der Waals surface area contributed by atoms with Gasteiger partial charge in [-0.1, -0.05) is 6.07 Å². The number of carbonyl (C=O) groups is 1. The van der Waals surface area contributed by atoms with Crippen molar-refractivity contribution in [1.82, 2.24) is 19.9 Å². The first-order valence-electron chi connectivity index (χ1n) is 8.99. The molecule has 1 amide bonds. The Bertz CT molecular complexity index is 1470. The first-order valence-corrected chi connectivity index (χ1v) is 9.93. The van der Waals surface area contributed by atoms with Crippen LogP contribution in [0.5, 0.6) is 0 Å². The number of halogens is 1. The fourth-order valence-corrected chi connectivity index (χ4v) is 3.98. The van der Waals surface area contributed by atoms with Gasteiger partial charge in [0.1, 0.15) is 11.6 Å². The van der Waals surface area contributed by atoms with Crippen LogP contribution in [-0.2, 0) is 0 Å². The van der Waals surface area contributed by atoms with Crippen LogP contribution in [0, 0.1) is 5.82 Å². The molecule has 0 aliphatic rings. The molecule has 7 nitrogen and oxygen atoms in total. The molecule has 148 valence electrons. The topological polar surface area (TPSA) is 94.7 Å². The number of nitrogens with one attached hydrogen (secondary N) is 2. The second-order valence-corrected chi connectivity index (χ2v) is 7.48. The number of aromatic nitrogens is 4. The molecule has 4 aromatic heterocycles. The molecule has 4 heterocycles. The Morgan fingerprint density at radius 3 is 2.80 bits per heavy atom. The third-order valence-electron chi connectivity index (χ3n) is 4.83. The number of nitrogens with zero attached hydrogens (tertiary/aromatic N) is 3. The highest BCUT2D eigenvalue weighted by atomic mass is 32.1. The number of hydrogen-bond acceptors (Lipinski definition) is 5. The number of hydrogen-bond donors (Lipinski definition) is 2. The van der Waals surface area contributed by atoms with Crippen LogP contribution in [0.4, 0.5) is 10.2 Å². The highest BCUT2D eigenvalue weighted by Gasteiger charge is 2.20. The Labute approximate surface area is 172 Å². The molecule has 0 atom stereocenters. The normalized spacial score (nSPS) is 11.3. The molecule has 0 saturated carbocycles. The highest BCUT2D eigenvalue weighted by molar-refractivity contribution is 7.09. The number of amides is 1. The van der Waals surface area contributed by atoms with Crippen molar-refractivity contribution in [3.8, 4) is 11.4 Å². The first kappa shape index (κ1) is 18.2. The predicted octanol–water partition coefficient (Wildman–Crippen LogP) is 3.94. The second-order valence-electron chi connectivity index (χ2n) is 6.74. The highest BCUT2D eigenvalue weighted by Crippen LogP contribution is 2.26. The van der Waals surface area contributed by atoms with Crippen LogP contribution < -0.4 is 10.5 Å². The molecule has 5 rings (SSSR count). The molecule has 30 heavy (non-hydrogen) atoms. The molecule has 0 bridgehead atoms. The third kappa shape index (κ3) is 2.96. The van der Waals surface area contributed by atoms with E-state index in [0.29, 0.717) is 33.4 Å². The van der Waals surface area contributed by atoms with Crippen molar-refractivity contribution in [3.05, 3.63) is 75.1 Å². The van der Waals surface area contributed by atoms with Gasteiger partial charge in [-0.3, -0.25) is 14.5 Å². The van der Waals surface area contributed by atoms with Gasteiger partial charge >= 0.3 is 0 Å². The number of anilines is 1. The van der Waals surface area contributed by atoms with E-state index in [2.05, 4.69) is 19.9 Å². The minimum absolute atomic E-state index is 0.0867. The van der Waals surface area contributed by atoms with E-state index in [9.17, 15) is 14.0 Å². The summed E-state index contributed by atoms with van der Waals surface area (Å²) < 4.78 is 14.7. The van der Waals surface area contributed by atoms with Gasteiger partial charge in [0, 0.05) is 34.9 Å². The third-order valence-corrected chi connectivity index (χ3v) is 5.56. The first-order chi connectivity index (χ1) is 14.5. The molecule has 0 unspecified atom stereocenters. The van der Waals surface area contributed by atoms with Crippen LogP contribution in [-0.4, -0.2) is 32.9 Å². The van der Waals surface area contributed by atoms with E-state index in [0.717, 1.165) is 0 Å². The number of H-pyrrole nitrogens is 2. The lowest BCUT2D eigenvalue weighted by atomic mass is 10.1. The van der Waals surface area contributed by atoms with Crippen molar-refractivity contribution >= 4 is 45.0 Å². The molecule has 0 saturated heterocycles. The Morgan fingerprint density at radius 1 is 1.13 bits per heavy atom. The number of thiophene rings is 1. The van der Waals surface area contributed by atoms with Crippen molar-refractivity contribution in [3.63, 3.8) is 0 Å². The van der Waals surface area contributed by atoms with Crippen LogP contribution in [0.15, 0.2) is 58.1 Å². The molecule has 5 aromatic rings. The molecule has 0 radical (unpaired) electrons. The number of pyridine rings is 1. The number of carbonyl (C=O) groups excluding carboxylic acids is 1. The summed E-state index contributed by atoms with van der Waals surface area (Å²) in [6.45, 7) is 0. The maximum Gasteiger partial charge on any atom is 0.276 e. The van der Waals surface area contributed by atoms with E-state index in [1.54, 1.807) is 30.5 Å². The molecule has 9 heteroatoms. The monoisotopic (exact) mass is 419 g/mol. The van der Waals surface area contributed by atoms with E-state index in [-0.39, 0.29) is 16.8 Å². The summed E-state index contributed by atoms with van der Waals surface area (Å²) in [6.07, 6.45) is 1.56. The largest absolute Gasteiger partial charge is 0.353 e. The molecule has 0 fully saturated rings. The lowest BCUT2D eigenvalue weighted by Crippen LogP contribution is -2.27. The Morgan fingerprint density at radius 2 is 2.00 bits per heavy atom. The van der Waals surface area contributed by atoms with E-state index in [4.69, 9.17) is 0 Å². The van der Waals surface area contributed by atoms with Gasteiger partial charge in [0.05, 0.1) is 22.3 Å². The van der Waals surface area contributed by atoms with E-state index < -0.39 is 11.7 Å². The van der Waals surface area contributed by atoms with Crippen LogP contribution >= 0.6 is 11.3 Å². The van der Waals surface area contributed by atoms with Gasteiger partial charge in [0.2, 0.25) is 0 Å². The van der Waals surface area contributed by atoms with Gasteiger partial charge in [-0.15, -0.1) is 11.3 Å². The Kier molecular flexibility index (Phi) is 4.18. The minimum atomic E-state index is -0.668. The molecule has 0 spiro atoms. The van der Waals surface area contributed by atoms with E-state index in [1.807, 2.05) is 10.8 Å². The number of aromatic amines is 2. The lowest BCUT2D eigenvalue weighted by Gasteiger charge is -2.16. The fraction of sp³-hybridized carbons (Fsp3) is 0.0476. The van der Waals surface area contributed by atoms with E-state index >= 15 is 0 Å². The van der Waals surface area contributed by atoms with Gasteiger partial charge in [0.15, 0.2) is 5.69 Å². The summed E-state index contributed by atoms with van der Waals surface area (Å²) in [5, 5.41) is 4.24. The lowest BCUT2D eigenvalue weighted by molar-refractivity contribution is 0.0988. The van der Waals surface area contributed by atoms with Gasteiger partial charge in [-0.05, 0) is 30.3 Å². The number of benzene rings is 1. The zero-order valence-corrected chi connectivity index (χ0v) is 16.5. The quantitative estimate of drug-likeness (QED) is 0.463. The Hall–Kier alpha value is -3.85. The molecule has 0 aliphatic heterocycles. The van der Waals surface area contributed by atoms with Gasteiger partial charge in [0.25, 0.3) is 11.5 Å². The summed E-state index contributed by atoms with van der Waals surface area (Å²) >= 11 is 1.44. The van der Waals surface area contributed by atoms with Gasteiger partial charge in [-0.2, -0.15) is 0 Å². The summed E-state index contributed by atoms with van der Waals surface area (Å²) in [5.41, 5.74) is 2.02. The number of fused-ring (bicyclic) bond motifs is 2. The fourth-order valence-electron chi connectivity index (χ4n) is 3.29. The van der Waals surface area contributed by atoms with Crippen LogP contribution in [0.3, 0.4) is 0 Å². The standard InChI is InChI=1S/C21H14FN5O2S/c1-27(18-4-2-3-5-23-18)21(29)12-6-11-7-15(24-14(11)8-13(12)22)19-20(28)26-17-10-30-9-16(17)25-19/h2-10,24H,1H3,(H,26,28). The summed E-state index contributed by atoms with van der Waals surface area (Å²) in [5.74, 6) is -0.776. The van der Waals surface area contributed by atoms with Crippen molar-refractivity contribution in [2.75, 3.05) is 11.9 Å². The minimum Gasteiger partial charge on any atom is -0.353 e. The molecular formula is C21H14FN5O2S. The maximum atomic E-state index is 14.7. The average molecular weight is 419 g/mol. The smallest absolute Gasteiger partial charge is 0.276 e. The van der Waals surface area contributed by atoms with Crippen molar-refractivity contribution in [1.29, 1.82) is 0 Å². The Balaban J connectivity index is 1.58. The summed E-state index contributed by atoms with van der Waals surface area (Å²) in [7, 11) is 1.54. The van der Waals surface area contributed by atoms with Gasteiger partial charge < -0.3 is 9.97 Å². The van der Waals surface area contributed by atoms with Crippen LogP contribution in [0.1, 0.15) is 10.4 Å². The van der Waals surface area contributed by atoms with Crippen LogP contribution in [0.25, 0.3) is 33.3 Å². The molecule has 0 aliphatic carbocycles. The summed E-state index contributed by atoms with van der Waals surface area (Å²) in [4.78, 5) is 40.9. The molecular weight excluding hydrogens is 405 g/mol. The van der Waals surface area contributed by atoms with Crippen molar-refractivity contribution in [2.24, 2.45) is 0 Å². The zero-order valence-electron chi connectivity index (χ0n) is 15.6. The molecule has 1 aromatic carbocycles. The average Bonchev–Trinajstić information content (AvgIpc) is 3.37. The van der Waals surface area contributed by atoms with Crippen LogP contribution in [0.2, 0.25) is 0 Å². The zero-order chi connectivity index (χ0) is 20.8. The number of rotatable bonds is 3. The maximum absolute atomic E-state index is 14.7. The summed E-state index contributed by atoms with van der Waals surface area (Å²) in [6, 6.07) is 9.54.